The molecule has 3 atom stereocenters. The Bertz CT molecular complexity index is 273. The van der Waals surface area contributed by atoms with E-state index in [1.165, 1.54) is 39.2 Å². The summed E-state index contributed by atoms with van der Waals surface area (Å²) < 4.78 is 4.99. The van der Waals surface area contributed by atoms with Crippen LogP contribution < -0.4 is 0 Å². The standard InChI is InChI=1S/C14H25NO2/c1-4-6-11(7-5-2)15-9-10-8-12(10)13(15)14(16)17-3/h10-13H,4-9H2,1-3H3/t10-,12-,13+/m1/s1. The maximum absolute atomic E-state index is 11.9. The van der Waals surface area contributed by atoms with Gasteiger partial charge in [-0.05, 0) is 31.1 Å². The molecule has 2 rings (SSSR count). The fraction of sp³-hybridized carbons (Fsp3) is 0.929. The summed E-state index contributed by atoms with van der Waals surface area (Å²) in [5.74, 6) is 1.36. The molecule has 3 heteroatoms. The van der Waals surface area contributed by atoms with Gasteiger partial charge in [-0.25, -0.2) is 0 Å². The van der Waals surface area contributed by atoms with Crippen LogP contribution in [0.1, 0.15) is 46.0 Å². The van der Waals surface area contributed by atoms with Crippen molar-refractivity contribution < 1.29 is 9.53 Å². The Labute approximate surface area is 105 Å². The SMILES string of the molecule is CCCC(CCC)N1C[C@H]2C[C@H]2[C@H]1C(=O)OC. The molecule has 0 aromatic rings. The first-order valence-corrected chi connectivity index (χ1v) is 7.06. The van der Waals surface area contributed by atoms with Gasteiger partial charge in [-0.2, -0.15) is 0 Å². The minimum Gasteiger partial charge on any atom is -0.468 e. The van der Waals surface area contributed by atoms with Crippen molar-refractivity contribution in [3.8, 4) is 0 Å². The molecule has 2 fully saturated rings. The van der Waals surface area contributed by atoms with Crippen molar-refractivity contribution >= 4 is 5.97 Å². The second-order valence-corrected chi connectivity index (χ2v) is 5.56. The monoisotopic (exact) mass is 239 g/mol. The zero-order valence-electron chi connectivity index (χ0n) is 11.3. The molecule has 0 aromatic carbocycles. The molecular weight excluding hydrogens is 214 g/mol. The lowest BCUT2D eigenvalue weighted by Crippen LogP contribution is -2.46. The summed E-state index contributed by atoms with van der Waals surface area (Å²) in [7, 11) is 1.52. The highest BCUT2D eigenvalue weighted by molar-refractivity contribution is 5.77. The Kier molecular flexibility index (Phi) is 4.08. The van der Waals surface area contributed by atoms with Gasteiger partial charge in [0.25, 0.3) is 0 Å². The summed E-state index contributed by atoms with van der Waals surface area (Å²) in [6.07, 6.45) is 6.05. The van der Waals surface area contributed by atoms with Crippen LogP contribution in [0.2, 0.25) is 0 Å². The number of carbonyl (C=O) groups excluding carboxylic acids is 1. The summed E-state index contributed by atoms with van der Waals surface area (Å²) in [5.41, 5.74) is 0. The fourth-order valence-electron chi connectivity index (χ4n) is 3.45. The number of hydrogen-bond acceptors (Lipinski definition) is 3. The number of nitrogens with zero attached hydrogens (tertiary/aromatic N) is 1. The van der Waals surface area contributed by atoms with Gasteiger partial charge in [-0.1, -0.05) is 26.7 Å². The van der Waals surface area contributed by atoms with Crippen LogP contribution in [0.15, 0.2) is 0 Å². The molecule has 1 heterocycles. The van der Waals surface area contributed by atoms with Gasteiger partial charge in [0.15, 0.2) is 0 Å². The highest BCUT2D eigenvalue weighted by Crippen LogP contribution is 2.51. The van der Waals surface area contributed by atoms with Gasteiger partial charge in [-0.15, -0.1) is 0 Å². The molecule has 3 nitrogen and oxygen atoms in total. The molecule has 0 bridgehead atoms. The number of hydrogen-bond donors (Lipinski definition) is 0. The number of likely N-dealkylation sites (tertiary alicyclic amines) is 1. The smallest absolute Gasteiger partial charge is 0.323 e. The molecular formula is C14H25NO2. The highest BCUT2D eigenvalue weighted by Gasteiger charge is 2.57. The van der Waals surface area contributed by atoms with Crippen LogP contribution in [-0.4, -0.2) is 36.6 Å². The van der Waals surface area contributed by atoms with Crippen molar-refractivity contribution in [1.82, 2.24) is 4.90 Å². The van der Waals surface area contributed by atoms with Gasteiger partial charge in [0.05, 0.1) is 7.11 Å². The molecule has 0 N–H and O–H groups in total. The molecule has 0 unspecified atom stereocenters. The van der Waals surface area contributed by atoms with Crippen LogP contribution in [0.5, 0.6) is 0 Å². The van der Waals surface area contributed by atoms with Gasteiger partial charge in [0, 0.05) is 12.6 Å². The van der Waals surface area contributed by atoms with Crippen LogP contribution in [0.4, 0.5) is 0 Å². The predicted octanol–water partition coefficient (Wildman–Crippen LogP) is 2.45. The van der Waals surface area contributed by atoms with Crippen LogP contribution in [-0.2, 0) is 9.53 Å². The molecule has 0 aromatic heterocycles. The van der Waals surface area contributed by atoms with E-state index in [0.29, 0.717) is 12.0 Å². The average molecular weight is 239 g/mol. The Morgan fingerprint density at radius 3 is 2.53 bits per heavy atom. The van der Waals surface area contributed by atoms with Crippen molar-refractivity contribution in [2.45, 2.75) is 58.0 Å². The van der Waals surface area contributed by atoms with Gasteiger partial charge >= 0.3 is 5.97 Å². The zero-order valence-corrected chi connectivity index (χ0v) is 11.3. The first-order valence-electron chi connectivity index (χ1n) is 7.06. The Hall–Kier alpha value is -0.570. The van der Waals surface area contributed by atoms with Gasteiger partial charge < -0.3 is 4.74 Å². The number of esters is 1. The topological polar surface area (TPSA) is 29.5 Å². The average Bonchev–Trinajstić information content (AvgIpc) is 2.99. The van der Waals surface area contributed by atoms with Crippen molar-refractivity contribution in [2.75, 3.05) is 13.7 Å². The lowest BCUT2D eigenvalue weighted by molar-refractivity contribution is -0.147. The van der Waals surface area contributed by atoms with Crippen molar-refractivity contribution in [3.63, 3.8) is 0 Å². The highest BCUT2D eigenvalue weighted by atomic mass is 16.5. The maximum Gasteiger partial charge on any atom is 0.323 e. The molecule has 1 aliphatic carbocycles. The lowest BCUT2D eigenvalue weighted by atomic mass is 10.0. The molecule has 1 saturated carbocycles. The number of ether oxygens (including phenoxy) is 1. The first-order chi connectivity index (χ1) is 8.22. The Morgan fingerprint density at radius 1 is 1.35 bits per heavy atom. The number of rotatable bonds is 6. The van der Waals surface area contributed by atoms with E-state index in [0.717, 1.165) is 12.5 Å². The van der Waals surface area contributed by atoms with Crippen LogP contribution in [0.3, 0.4) is 0 Å². The minimum atomic E-state index is -0.00722. The van der Waals surface area contributed by atoms with E-state index in [1.807, 2.05) is 0 Å². The Morgan fingerprint density at radius 2 is 2.00 bits per heavy atom. The summed E-state index contributed by atoms with van der Waals surface area (Å²) in [4.78, 5) is 14.4. The van der Waals surface area contributed by atoms with Gasteiger partial charge in [-0.3, -0.25) is 9.69 Å². The molecule has 1 saturated heterocycles. The molecule has 17 heavy (non-hydrogen) atoms. The number of carbonyl (C=O) groups is 1. The molecule has 1 aliphatic heterocycles. The second-order valence-electron chi connectivity index (χ2n) is 5.56. The van der Waals surface area contributed by atoms with Gasteiger partial charge in [0.1, 0.15) is 6.04 Å². The number of piperidine rings is 1. The predicted molar refractivity (Wildman–Crippen MR) is 67.7 cm³/mol. The van der Waals surface area contributed by atoms with E-state index >= 15 is 0 Å². The lowest BCUT2D eigenvalue weighted by Gasteiger charge is -2.33. The van der Waals surface area contributed by atoms with Crippen molar-refractivity contribution in [2.24, 2.45) is 11.8 Å². The van der Waals surface area contributed by atoms with Crippen LogP contribution >= 0.6 is 0 Å². The van der Waals surface area contributed by atoms with E-state index in [-0.39, 0.29) is 12.0 Å². The molecule has 98 valence electrons. The van der Waals surface area contributed by atoms with Crippen molar-refractivity contribution in [3.05, 3.63) is 0 Å². The third kappa shape index (κ3) is 2.49. The first kappa shape index (κ1) is 12.9. The van der Waals surface area contributed by atoms with E-state index in [1.54, 1.807) is 0 Å². The van der Waals surface area contributed by atoms with Crippen LogP contribution in [0, 0.1) is 11.8 Å². The fourth-order valence-corrected chi connectivity index (χ4v) is 3.45. The third-order valence-electron chi connectivity index (χ3n) is 4.34. The Balaban J connectivity index is 2.04. The van der Waals surface area contributed by atoms with Gasteiger partial charge in [0.2, 0.25) is 0 Å². The maximum atomic E-state index is 11.9. The number of fused-ring (bicyclic) bond motifs is 1. The molecule has 2 aliphatic rings. The summed E-state index contributed by atoms with van der Waals surface area (Å²) in [5, 5.41) is 0. The molecule has 0 spiro atoms. The van der Waals surface area contributed by atoms with E-state index in [4.69, 9.17) is 4.74 Å². The largest absolute Gasteiger partial charge is 0.468 e. The summed E-state index contributed by atoms with van der Waals surface area (Å²) in [6, 6.07) is 0.648. The quantitative estimate of drug-likeness (QED) is 0.667. The normalized spacial score (nSPS) is 31.6. The molecule has 0 radical (unpaired) electrons. The summed E-state index contributed by atoms with van der Waals surface area (Å²) in [6.45, 7) is 5.58. The van der Waals surface area contributed by atoms with Crippen LogP contribution in [0.25, 0.3) is 0 Å². The minimum absolute atomic E-state index is 0.00722. The second kappa shape index (κ2) is 5.38. The van der Waals surface area contributed by atoms with E-state index in [2.05, 4.69) is 18.7 Å². The summed E-state index contributed by atoms with van der Waals surface area (Å²) >= 11 is 0. The third-order valence-corrected chi connectivity index (χ3v) is 4.34. The van der Waals surface area contributed by atoms with E-state index in [9.17, 15) is 4.79 Å². The zero-order chi connectivity index (χ0) is 12.4. The van der Waals surface area contributed by atoms with E-state index < -0.39 is 0 Å². The number of methoxy groups -OCH3 is 1. The molecule has 0 amide bonds. The van der Waals surface area contributed by atoms with Crippen molar-refractivity contribution in [1.29, 1.82) is 0 Å².